The predicted molar refractivity (Wildman–Crippen MR) is 154 cm³/mol. The van der Waals surface area contributed by atoms with Crippen molar-refractivity contribution in [2.45, 2.75) is 83.9 Å². The lowest BCUT2D eigenvalue weighted by atomic mass is 9.85. The molecule has 0 saturated carbocycles. The molecule has 0 aromatic heterocycles. The molecule has 0 aliphatic carbocycles. The van der Waals surface area contributed by atoms with Gasteiger partial charge in [-0.15, -0.1) is 0 Å². The van der Waals surface area contributed by atoms with E-state index in [1.54, 1.807) is 10.6 Å². The molecule has 0 unspecified atom stereocenters. The summed E-state index contributed by atoms with van der Waals surface area (Å²) >= 11 is 0. The van der Waals surface area contributed by atoms with E-state index in [9.17, 15) is 0 Å². The standard InChI is InChI=1S/C31H42P2/c1-22(2)32(23(3)4)29-20-14-12-18-27(29)31(26-16-10-9-11-17-26)28-19-13-15-21-30(28)33(24(5)6)25(7)8/h9-25,31H,1-8H3. The summed E-state index contributed by atoms with van der Waals surface area (Å²) in [6, 6.07) is 29.9. The van der Waals surface area contributed by atoms with Crippen molar-refractivity contribution in [3.05, 3.63) is 95.6 Å². The molecule has 0 radical (unpaired) electrons. The highest BCUT2D eigenvalue weighted by molar-refractivity contribution is 7.67. The van der Waals surface area contributed by atoms with Crippen LogP contribution in [0.3, 0.4) is 0 Å². The largest absolute Gasteiger partial charge is 0.0697 e. The molecule has 0 fully saturated rings. The van der Waals surface area contributed by atoms with E-state index in [-0.39, 0.29) is 21.8 Å². The van der Waals surface area contributed by atoms with E-state index in [1.165, 1.54) is 16.7 Å². The van der Waals surface area contributed by atoms with Crippen LogP contribution in [0.15, 0.2) is 78.9 Å². The van der Waals surface area contributed by atoms with Crippen molar-refractivity contribution >= 4 is 26.5 Å². The van der Waals surface area contributed by atoms with Crippen molar-refractivity contribution in [1.29, 1.82) is 0 Å². The molecule has 0 heterocycles. The lowest BCUT2D eigenvalue weighted by Gasteiger charge is -2.34. The third-order valence-corrected chi connectivity index (χ3v) is 12.8. The zero-order valence-corrected chi connectivity index (χ0v) is 23.6. The Bertz CT molecular complexity index is 925. The molecule has 0 bridgehead atoms. The van der Waals surface area contributed by atoms with E-state index in [0.29, 0.717) is 22.6 Å². The topological polar surface area (TPSA) is 0 Å². The van der Waals surface area contributed by atoms with Crippen molar-refractivity contribution < 1.29 is 0 Å². The highest BCUT2D eigenvalue weighted by Gasteiger charge is 2.30. The molecule has 2 heteroatoms. The van der Waals surface area contributed by atoms with E-state index >= 15 is 0 Å². The molecule has 0 aliphatic rings. The quantitative estimate of drug-likeness (QED) is 0.214. The van der Waals surface area contributed by atoms with Gasteiger partial charge in [-0.05, 0) is 49.9 Å². The van der Waals surface area contributed by atoms with Crippen LogP contribution in [-0.4, -0.2) is 22.6 Å². The maximum absolute atomic E-state index is 2.42. The van der Waals surface area contributed by atoms with Crippen molar-refractivity contribution in [3.8, 4) is 0 Å². The Morgan fingerprint density at radius 1 is 0.424 bits per heavy atom. The van der Waals surface area contributed by atoms with Gasteiger partial charge in [0.15, 0.2) is 0 Å². The Morgan fingerprint density at radius 3 is 1.12 bits per heavy atom. The second-order valence-electron chi connectivity index (χ2n) is 10.2. The molecule has 0 amide bonds. The van der Waals surface area contributed by atoms with Gasteiger partial charge < -0.3 is 0 Å². The fourth-order valence-corrected chi connectivity index (χ4v) is 11.5. The van der Waals surface area contributed by atoms with E-state index in [0.717, 1.165) is 0 Å². The average molecular weight is 477 g/mol. The fourth-order valence-electron chi connectivity index (χ4n) is 5.41. The van der Waals surface area contributed by atoms with E-state index < -0.39 is 0 Å². The molecule has 0 N–H and O–H groups in total. The van der Waals surface area contributed by atoms with Gasteiger partial charge >= 0.3 is 0 Å². The number of rotatable bonds is 9. The van der Waals surface area contributed by atoms with Gasteiger partial charge in [-0.25, -0.2) is 0 Å². The number of hydrogen-bond donors (Lipinski definition) is 0. The Morgan fingerprint density at radius 2 is 0.758 bits per heavy atom. The first-order valence-electron chi connectivity index (χ1n) is 12.5. The molecule has 0 saturated heterocycles. The van der Waals surface area contributed by atoms with Gasteiger partial charge in [-0.2, -0.15) is 0 Å². The third-order valence-electron chi connectivity index (χ3n) is 6.41. The molecular formula is C31H42P2. The number of benzene rings is 3. The molecule has 0 aliphatic heterocycles. The maximum atomic E-state index is 2.42. The predicted octanol–water partition coefficient (Wildman–Crippen LogP) is 8.71. The molecular weight excluding hydrogens is 434 g/mol. The van der Waals surface area contributed by atoms with Crippen LogP contribution in [0.2, 0.25) is 0 Å². The summed E-state index contributed by atoms with van der Waals surface area (Å²) in [5, 5.41) is 3.17. The summed E-state index contributed by atoms with van der Waals surface area (Å²) in [5.41, 5.74) is 7.07. The number of hydrogen-bond acceptors (Lipinski definition) is 0. The summed E-state index contributed by atoms with van der Waals surface area (Å²) in [6.07, 6.45) is 0. The molecule has 0 nitrogen and oxygen atoms in total. The van der Waals surface area contributed by atoms with Crippen molar-refractivity contribution in [3.63, 3.8) is 0 Å². The SMILES string of the molecule is CC(C)P(c1ccccc1C(c1ccccc1)c1ccccc1P(C(C)C)C(C)C)C(C)C. The van der Waals surface area contributed by atoms with Crippen LogP contribution in [0.5, 0.6) is 0 Å². The highest BCUT2D eigenvalue weighted by Crippen LogP contribution is 2.50. The first-order chi connectivity index (χ1) is 15.7. The smallest absolute Gasteiger partial charge is 0.0352 e. The van der Waals surface area contributed by atoms with Gasteiger partial charge in [0.2, 0.25) is 0 Å². The zero-order valence-electron chi connectivity index (χ0n) is 21.8. The normalized spacial score (nSPS) is 12.3. The Balaban J connectivity index is 2.32. The lowest BCUT2D eigenvalue weighted by molar-refractivity contribution is 0.977. The summed E-state index contributed by atoms with van der Waals surface area (Å²) < 4.78 is 0. The maximum Gasteiger partial charge on any atom is 0.0352 e. The minimum absolute atomic E-state index is 0.252. The van der Waals surface area contributed by atoms with Crippen molar-refractivity contribution in [2.24, 2.45) is 0 Å². The van der Waals surface area contributed by atoms with Crippen LogP contribution < -0.4 is 10.6 Å². The van der Waals surface area contributed by atoms with Crippen molar-refractivity contribution in [2.75, 3.05) is 0 Å². The lowest BCUT2D eigenvalue weighted by Crippen LogP contribution is -2.26. The second kappa shape index (κ2) is 11.8. The zero-order chi connectivity index (χ0) is 24.1. The molecule has 3 aromatic carbocycles. The van der Waals surface area contributed by atoms with Crippen LogP contribution in [0.4, 0.5) is 0 Å². The third kappa shape index (κ3) is 5.96. The van der Waals surface area contributed by atoms with Crippen LogP contribution in [0.25, 0.3) is 0 Å². The van der Waals surface area contributed by atoms with Gasteiger partial charge in [0.1, 0.15) is 0 Å². The van der Waals surface area contributed by atoms with Gasteiger partial charge in [0.25, 0.3) is 0 Å². The molecule has 0 atom stereocenters. The molecule has 176 valence electrons. The molecule has 33 heavy (non-hydrogen) atoms. The summed E-state index contributed by atoms with van der Waals surface area (Å²) in [5.74, 6) is 0.267. The Hall–Kier alpha value is -1.48. The van der Waals surface area contributed by atoms with Crippen LogP contribution >= 0.6 is 15.8 Å². The Labute approximate surface area is 205 Å². The average Bonchev–Trinajstić information content (AvgIpc) is 2.76. The summed E-state index contributed by atoms with van der Waals surface area (Å²) in [7, 11) is -0.505. The van der Waals surface area contributed by atoms with Crippen LogP contribution in [-0.2, 0) is 0 Å². The van der Waals surface area contributed by atoms with Crippen molar-refractivity contribution in [1.82, 2.24) is 0 Å². The minimum Gasteiger partial charge on any atom is -0.0697 e. The second-order valence-corrected chi connectivity index (χ2v) is 16.9. The minimum atomic E-state index is -0.252. The Kier molecular flexibility index (Phi) is 9.33. The summed E-state index contributed by atoms with van der Waals surface area (Å²) in [4.78, 5) is 0. The van der Waals surface area contributed by atoms with E-state index in [4.69, 9.17) is 0 Å². The molecule has 3 rings (SSSR count). The van der Waals surface area contributed by atoms with Gasteiger partial charge in [0.05, 0.1) is 0 Å². The van der Waals surface area contributed by atoms with Gasteiger partial charge in [-0.3, -0.25) is 0 Å². The molecule has 3 aromatic rings. The van der Waals surface area contributed by atoms with Gasteiger partial charge in [0, 0.05) is 5.92 Å². The first-order valence-corrected chi connectivity index (χ1v) is 15.5. The monoisotopic (exact) mass is 476 g/mol. The van der Waals surface area contributed by atoms with Gasteiger partial charge in [-0.1, -0.05) is 150 Å². The van der Waals surface area contributed by atoms with Crippen LogP contribution in [0.1, 0.15) is 78.0 Å². The van der Waals surface area contributed by atoms with Crippen LogP contribution in [0, 0.1) is 0 Å². The van der Waals surface area contributed by atoms with E-state index in [2.05, 4.69) is 134 Å². The van der Waals surface area contributed by atoms with E-state index in [1.807, 2.05) is 0 Å². The highest BCUT2D eigenvalue weighted by atomic mass is 31.1. The fraction of sp³-hybridized carbons (Fsp3) is 0.419. The summed E-state index contributed by atoms with van der Waals surface area (Å²) in [6.45, 7) is 19.3. The first kappa shape index (κ1) is 26.1. The molecule has 0 spiro atoms.